The molecule has 0 unspecified atom stereocenters. The Kier molecular flexibility index (Phi) is 9.01. The van der Waals surface area contributed by atoms with Crippen LogP contribution in [-0.4, -0.2) is 31.8 Å². The number of rotatable bonds is 7. The Morgan fingerprint density at radius 3 is 1.87 bits per heavy atom. The second kappa shape index (κ2) is 12.7. The van der Waals surface area contributed by atoms with Crippen molar-refractivity contribution in [3.63, 3.8) is 0 Å². The maximum Gasteiger partial charge on any atom is 0.261 e. The minimum atomic E-state index is -2.66. The highest BCUT2D eigenvalue weighted by Gasteiger charge is 2.54. The number of carbonyl (C=O) groups excluding carboxylic acids is 1. The number of hydrogen-bond acceptors (Lipinski definition) is 2. The molecule has 0 radical (unpaired) electrons. The number of amides is 1. The fourth-order valence-electron chi connectivity index (χ4n) is 7.46. The van der Waals surface area contributed by atoms with E-state index in [0.717, 1.165) is 48.8 Å². The van der Waals surface area contributed by atoms with Crippen molar-refractivity contribution in [2.75, 3.05) is 6.54 Å². The molecule has 0 bridgehead atoms. The summed E-state index contributed by atoms with van der Waals surface area (Å²) in [7, 11) is -2.66. The summed E-state index contributed by atoms with van der Waals surface area (Å²) >= 11 is 13.5. The molecule has 2 fully saturated rings. The van der Waals surface area contributed by atoms with Crippen molar-refractivity contribution in [1.29, 1.82) is 0 Å². The number of halogens is 3. The molecule has 0 N–H and O–H groups in total. The lowest BCUT2D eigenvalue weighted by Crippen LogP contribution is -2.68. The van der Waals surface area contributed by atoms with Crippen LogP contribution in [0.15, 0.2) is 97.1 Å². The SMILES string of the molecule is CC(C)(C)[Si](OC1CCC2(CC1)CCN(Cc1c(Cl)cc(-c3ccc(F)cc3)cc1Cl)C2=O)(c1ccccc1)c1ccccc1. The first-order valence-electron chi connectivity index (χ1n) is 15.8. The minimum Gasteiger partial charge on any atom is -0.404 e. The van der Waals surface area contributed by atoms with Crippen molar-refractivity contribution in [2.45, 2.75) is 70.6 Å². The van der Waals surface area contributed by atoms with Gasteiger partial charge in [0, 0.05) is 34.8 Å². The van der Waals surface area contributed by atoms with Crippen molar-refractivity contribution in [2.24, 2.45) is 5.41 Å². The number of hydrogen-bond donors (Lipinski definition) is 0. The highest BCUT2D eigenvalue weighted by Crippen LogP contribution is 2.48. The monoisotopic (exact) mass is 659 g/mol. The van der Waals surface area contributed by atoms with Gasteiger partial charge in [0.05, 0.1) is 5.41 Å². The van der Waals surface area contributed by atoms with E-state index in [2.05, 4.69) is 81.4 Å². The standard InChI is InChI=1S/C38H40Cl2FNO2Si/c1-37(2,3)45(31-10-6-4-7-11-31,32-12-8-5-9-13-32)44-30-18-20-38(21-19-30)22-23-42(36(38)43)26-33-34(39)24-28(25-35(33)40)27-14-16-29(41)17-15-27/h4-17,24-25,30H,18-23,26H2,1-3H3. The molecule has 1 spiro atoms. The highest BCUT2D eigenvalue weighted by atomic mass is 35.5. The van der Waals surface area contributed by atoms with Crippen molar-refractivity contribution >= 4 is 47.8 Å². The van der Waals surface area contributed by atoms with Crippen LogP contribution in [0, 0.1) is 11.2 Å². The van der Waals surface area contributed by atoms with Gasteiger partial charge in [0.15, 0.2) is 0 Å². The first kappa shape index (κ1) is 32.0. The van der Waals surface area contributed by atoms with Crippen LogP contribution in [0.1, 0.15) is 58.4 Å². The van der Waals surface area contributed by atoms with Crippen LogP contribution in [-0.2, 0) is 15.8 Å². The molecule has 1 saturated heterocycles. The molecule has 234 valence electrons. The molecule has 4 aromatic carbocycles. The zero-order valence-electron chi connectivity index (χ0n) is 26.2. The van der Waals surface area contributed by atoms with Crippen molar-refractivity contribution in [3.8, 4) is 11.1 Å². The fraction of sp³-hybridized carbons (Fsp3) is 0.342. The number of benzene rings is 4. The van der Waals surface area contributed by atoms with Gasteiger partial charge in [-0.25, -0.2) is 4.39 Å². The van der Waals surface area contributed by atoms with Crippen molar-refractivity contribution < 1.29 is 13.6 Å². The summed E-state index contributed by atoms with van der Waals surface area (Å²) in [4.78, 5) is 15.9. The summed E-state index contributed by atoms with van der Waals surface area (Å²) in [6, 6.07) is 31.5. The Balaban J connectivity index is 1.18. The molecule has 1 amide bonds. The van der Waals surface area contributed by atoms with E-state index in [1.54, 1.807) is 12.1 Å². The zero-order valence-corrected chi connectivity index (χ0v) is 28.7. The van der Waals surface area contributed by atoms with E-state index in [4.69, 9.17) is 27.6 Å². The van der Waals surface area contributed by atoms with Gasteiger partial charge in [-0.1, -0.05) is 117 Å². The molecule has 2 aliphatic rings. The van der Waals surface area contributed by atoms with Gasteiger partial charge in [-0.3, -0.25) is 4.79 Å². The fourth-order valence-corrected chi connectivity index (χ4v) is 12.8. The van der Waals surface area contributed by atoms with Crippen LogP contribution in [0.2, 0.25) is 15.1 Å². The Morgan fingerprint density at radius 1 is 0.822 bits per heavy atom. The Labute approximate surface area is 277 Å². The summed E-state index contributed by atoms with van der Waals surface area (Å²) < 4.78 is 20.8. The van der Waals surface area contributed by atoms with Crippen LogP contribution in [0.4, 0.5) is 4.39 Å². The quantitative estimate of drug-likeness (QED) is 0.185. The van der Waals surface area contributed by atoms with Crippen LogP contribution in [0.5, 0.6) is 0 Å². The van der Waals surface area contributed by atoms with Crippen molar-refractivity contribution in [3.05, 3.63) is 118 Å². The van der Waals surface area contributed by atoms with E-state index in [1.165, 1.54) is 22.5 Å². The van der Waals surface area contributed by atoms with Gasteiger partial charge in [-0.15, -0.1) is 0 Å². The topological polar surface area (TPSA) is 29.5 Å². The lowest BCUT2D eigenvalue weighted by molar-refractivity contribution is -0.139. The molecule has 0 atom stereocenters. The van der Waals surface area contributed by atoms with Crippen LogP contribution >= 0.6 is 23.2 Å². The average Bonchev–Trinajstić information content (AvgIpc) is 3.33. The average molecular weight is 661 g/mol. The third kappa shape index (κ3) is 6.13. The summed E-state index contributed by atoms with van der Waals surface area (Å²) in [5, 5.41) is 3.50. The van der Waals surface area contributed by atoms with E-state index < -0.39 is 8.32 Å². The maximum absolute atomic E-state index is 14.0. The second-order valence-corrected chi connectivity index (χ2v) is 18.7. The minimum absolute atomic E-state index is 0.0877. The Hall–Kier alpha value is -2.96. The summed E-state index contributed by atoms with van der Waals surface area (Å²) in [6.45, 7) is 7.99. The first-order chi connectivity index (χ1) is 21.5. The van der Waals surface area contributed by atoms with E-state index in [0.29, 0.717) is 23.1 Å². The lowest BCUT2D eigenvalue weighted by Gasteiger charge is -2.47. The van der Waals surface area contributed by atoms with E-state index in [9.17, 15) is 9.18 Å². The molecule has 1 aliphatic carbocycles. The third-order valence-corrected chi connectivity index (χ3v) is 15.7. The van der Waals surface area contributed by atoms with E-state index in [1.807, 2.05) is 17.0 Å². The summed E-state index contributed by atoms with van der Waals surface area (Å²) in [6.07, 6.45) is 4.27. The second-order valence-electron chi connectivity index (χ2n) is 13.7. The number of nitrogens with zero attached hydrogens (tertiary/aromatic N) is 1. The predicted octanol–water partition coefficient (Wildman–Crippen LogP) is 9.04. The molecule has 0 aromatic heterocycles. The largest absolute Gasteiger partial charge is 0.404 e. The Bertz CT molecular complexity index is 1590. The molecule has 1 saturated carbocycles. The molecule has 6 rings (SSSR count). The zero-order chi connectivity index (χ0) is 31.8. The first-order valence-corrected chi connectivity index (χ1v) is 18.5. The van der Waals surface area contributed by atoms with Crippen LogP contribution in [0.3, 0.4) is 0 Å². The van der Waals surface area contributed by atoms with Gasteiger partial charge < -0.3 is 9.33 Å². The molecule has 1 aliphatic heterocycles. The van der Waals surface area contributed by atoms with Crippen LogP contribution < -0.4 is 10.4 Å². The number of carbonyl (C=O) groups is 1. The molecule has 1 heterocycles. The summed E-state index contributed by atoms with van der Waals surface area (Å²) in [5.41, 5.74) is 2.04. The molecule has 4 aromatic rings. The predicted molar refractivity (Wildman–Crippen MR) is 185 cm³/mol. The molecular formula is C38H40Cl2FNO2Si. The van der Waals surface area contributed by atoms with E-state index in [-0.39, 0.29) is 28.3 Å². The molecular weight excluding hydrogens is 620 g/mol. The molecule has 7 heteroatoms. The van der Waals surface area contributed by atoms with Gasteiger partial charge in [-0.2, -0.15) is 0 Å². The smallest absolute Gasteiger partial charge is 0.261 e. The van der Waals surface area contributed by atoms with Gasteiger partial charge in [0.1, 0.15) is 5.82 Å². The van der Waals surface area contributed by atoms with Gasteiger partial charge >= 0.3 is 0 Å². The normalized spacial score (nSPS) is 20.6. The van der Waals surface area contributed by atoms with Gasteiger partial charge in [0.2, 0.25) is 5.91 Å². The highest BCUT2D eigenvalue weighted by molar-refractivity contribution is 6.99. The molecule has 45 heavy (non-hydrogen) atoms. The van der Waals surface area contributed by atoms with Crippen molar-refractivity contribution in [1.82, 2.24) is 4.90 Å². The number of likely N-dealkylation sites (tertiary alicyclic amines) is 1. The van der Waals surface area contributed by atoms with Gasteiger partial charge in [0.25, 0.3) is 8.32 Å². The lowest BCUT2D eigenvalue weighted by atomic mass is 9.72. The van der Waals surface area contributed by atoms with Gasteiger partial charge in [-0.05, 0) is 82.9 Å². The summed E-state index contributed by atoms with van der Waals surface area (Å²) in [5.74, 6) is -0.0984. The third-order valence-electron chi connectivity index (χ3n) is 9.92. The molecule has 3 nitrogen and oxygen atoms in total. The Morgan fingerprint density at radius 2 is 1.36 bits per heavy atom. The maximum atomic E-state index is 14.0. The van der Waals surface area contributed by atoms with Crippen LogP contribution in [0.25, 0.3) is 11.1 Å². The van der Waals surface area contributed by atoms with E-state index >= 15 is 0 Å².